The third kappa shape index (κ3) is 6.23. The van der Waals surface area contributed by atoms with Crippen LogP contribution in [0.1, 0.15) is 19.3 Å². The third-order valence-electron chi connectivity index (χ3n) is 1.79. The van der Waals surface area contributed by atoms with Crippen LogP contribution in [0.25, 0.3) is 0 Å². The van der Waals surface area contributed by atoms with E-state index in [2.05, 4.69) is 0 Å². The van der Waals surface area contributed by atoms with Gasteiger partial charge in [-0.15, -0.1) is 0 Å². The monoisotopic (exact) mass is 241 g/mol. The van der Waals surface area contributed by atoms with E-state index in [9.17, 15) is 27.9 Å². The fourth-order valence-corrected chi connectivity index (χ4v) is 0.909. The summed E-state index contributed by atoms with van der Waals surface area (Å²) < 4.78 is 35.0. The molecule has 0 aliphatic carbocycles. The van der Waals surface area contributed by atoms with Gasteiger partial charge in [-0.1, -0.05) is 0 Å². The molecular weight excluding hydrogens is 229 g/mol. The minimum atomic E-state index is -4.89. The van der Waals surface area contributed by atoms with E-state index in [-0.39, 0.29) is 19.4 Å². The Morgan fingerprint density at radius 3 is 2.31 bits per heavy atom. The summed E-state index contributed by atoms with van der Waals surface area (Å²) in [6, 6.07) is -1.13. The fourth-order valence-electron chi connectivity index (χ4n) is 0.909. The van der Waals surface area contributed by atoms with Crippen molar-refractivity contribution < 1.29 is 27.9 Å². The maximum atomic E-state index is 11.7. The zero-order valence-electron chi connectivity index (χ0n) is 8.34. The number of hydrogen-bond donors (Lipinski definition) is 2. The predicted octanol–water partition coefficient (Wildman–Crippen LogP) is -1.09. The molecule has 0 aliphatic rings. The maximum Gasteiger partial charge on any atom is 0.471 e. The fraction of sp³-hybridized carbons (Fsp3) is 0.750. The number of rotatable bonds is 6. The third-order valence-corrected chi connectivity index (χ3v) is 1.79. The van der Waals surface area contributed by atoms with Gasteiger partial charge in [0, 0.05) is 12.6 Å². The maximum absolute atomic E-state index is 11.7. The predicted molar refractivity (Wildman–Crippen MR) is 45.9 cm³/mol. The van der Waals surface area contributed by atoms with Crippen LogP contribution in [-0.4, -0.2) is 30.6 Å². The first-order valence-corrected chi connectivity index (χ1v) is 4.56. The molecule has 0 unspecified atom stereocenters. The van der Waals surface area contributed by atoms with Crippen LogP contribution in [-0.2, 0) is 9.59 Å². The van der Waals surface area contributed by atoms with Crippen LogP contribution in [0, 0.1) is 0 Å². The number of unbranched alkanes of at least 4 members (excludes halogenated alkanes) is 1. The molecule has 0 aromatic rings. The molecule has 5 nitrogen and oxygen atoms in total. The van der Waals surface area contributed by atoms with Crippen molar-refractivity contribution in [3.8, 4) is 0 Å². The van der Waals surface area contributed by atoms with E-state index in [1.807, 2.05) is 0 Å². The Morgan fingerprint density at radius 1 is 1.31 bits per heavy atom. The molecular formula is C8H12F3N2O3-. The molecule has 0 radical (unpaired) electrons. The topological polar surface area (TPSA) is 95.2 Å². The highest BCUT2D eigenvalue weighted by molar-refractivity contribution is 5.81. The van der Waals surface area contributed by atoms with Crippen molar-refractivity contribution in [3.05, 3.63) is 0 Å². The number of carboxylic acids is 1. The summed E-state index contributed by atoms with van der Waals surface area (Å²) in [7, 11) is 0. The molecule has 0 bridgehead atoms. The van der Waals surface area contributed by atoms with Crippen molar-refractivity contribution in [3.63, 3.8) is 0 Å². The van der Waals surface area contributed by atoms with E-state index in [0.717, 1.165) is 0 Å². The molecule has 0 fully saturated rings. The van der Waals surface area contributed by atoms with Crippen LogP contribution in [0.4, 0.5) is 13.2 Å². The molecule has 0 aromatic carbocycles. The van der Waals surface area contributed by atoms with Crippen molar-refractivity contribution >= 4 is 11.9 Å². The van der Waals surface area contributed by atoms with Crippen molar-refractivity contribution in [2.45, 2.75) is 31.5 Å². The van der Waals surface area contributed by atoms with Gasteiger partial charge >= 0.3 is 12.1 Å². The number of amides is 1. The van der Waals surface area contributed by atoms with Gasteiger partial charge in [0.05, 0.1) is 5.97 Å². The number of alkyl halides is 3. The summed E-state index contributed by atoms with van der Waals surface area (Å²) in [5, 5.41) is 11.8. The number of carbonyl (C=O) groups is 2. The second-order valence-corrected chi connectivity index (χ2v) is 3.17. The lowest BCUT2D eigenvalue weighted by Crippen LogP contribution is -2.42. The molecule has 0 aromatic heterocycles. The number of nitrogens with one attached hydrogen (secondary N) is 1. The summed E-state index contributed by atoms with van der Waals surface area (Å²) in [6.07, 6.45) is -4.26. The summed E-state index contributed by atoms with van der Waals surface area (Å²) in [6.45, 7) is -0.169. The Labute approximate surface area is 89.8 Å². The summed E-state index contributed by atoms with van der Waals surface area (Å²) in [5.41, 5.74) is 5.10. The molecule has 1 atom stereocenters. The van der Waals surface area contributed by atoms with Gasteiger partial charge in [0.2, 0.25) is 0 Å². The molecule has 1 amide bonds. The number of carbonyl (C=O) groups excluding carboxylic acids is 2. The minimum absolute atomic E-state index is 0.101. The zero-order chi connectivity index (χ0) is 12.8. The number of carboxylic acid groups (broad SMARTS) is 1. The standard InChI is InChI=1S/C8H13F3N2O3/c9-8(10,11)7(16)13-4-2-1-3-5(12)6(14)15/h5H,1-4,12H2,(H,13,16)(H,14,15)/p-1/t5-/m0/s1. The first-order valence-electron chi connectivity index (χ1n) is 4.56. The molecule has 0 saturated heterocycles. The highest BCUT2D eigenvalue weighted by Gasteiger charge is 2.38. The van der Waals surface area contributed by atoms with Crippen LogP contribution >= 0.6 is 0 Å². The quantitative estimate of drug-likeness (QED) is 0.578. The number of hydrogen-bond acceptors (Lipinski definition) is 4. The first kappa shape index (κ1) is 14.7. The van der Waals surface area contributed by atoms with Gasteiger partial charge in [0.1, 0.15) is 0 Å². The normalized spacial score (nSPS) is 13.2. The van der Waals surface area contributed by atoms with Gasteiger partial charge in [-0.05, 0) is 19.3 Å². The average molecular weight is 241 g/mol. The number of nitrogens with two attached hydrogens (primary N) is 1. The van der Waals surface area contributed by atoms with Gasteiger partial charge < -0.3 is 21.0 Å². The van der Waals surface area contributed by atoms with Gasteiger partial charge in [-0.25, -0.2) is 0 Å². The lowest BCUT2D eigenvalue weighted by atomic mass is 10.1. The summed E-state index contributed by atoms with van der Waals surface area (Å²) in [4.78, 5) is 20.5. The highest BCUT2D eigenvalue weighted by atomic mass is 19.4. The van der Waals surface area contributed by atoms with E-state index < -0.39 is 24.1 Å². The van der Waals surface area contributed by atoms with Crippen LogP contribution in [0.5, 0.6) is 0 Å². The van der Waals surface area contributed by atoms with E-state index in [4.69, 9.17) is 5.73 Å². The lowest BCUT2D eigenvalue weighted by molar-refractivity contribution is -0.307. The SMILES string of the molecule is N[C@@H](CCCCNC(=O)C(F)(F)F)C(=O)[O-]. The Hall–Kier alpha value is -1.31. The average Bonchev–Trinajstić information content (AvgIpc) is 2.14. The molecule has 0 aliphatic heterocycles. The molecule has 3 N–H and O–H groups in total. The van der Waals surface area contributed by atoms with E-state index >= 15 is 0 Å². The zero-order valence-corrected chi connectivity index (χ0v) is 8.34. The van der Waals surface area contributed by atoms with Gasteiger partial charge in [0.15, 0.2) is 0 Å². The van der Waals surface area contributed by atoms with Gasteiger partial charge in [0.25, 0.3) is 0 Å². The molecule has 16 heavy (non-hydrogen) atoms. The second-order valence-electron chi connectivity index (χ2n) is 3.17. The lowest BCUT2D eigenvalue weighted by Gasteiger charge is -2.12. The first-order chi connectivity index (χ1) is 7.25. The highest BCUT2D eigenvalue weighted by Crippen LogP contribution is 2.13. The summed E-state index contributed by atoms with van der Waals surface area (Å²) in [5.74, 6) is -3.41. The molecule has 0 heterocycles. The van der Waals surface area contributed by atoms with Crippen LogP contribution in [0.15, 0.2) is 0 Å². The van der Waals surface area contributed by atoms with Crippen molar-refractivity contribution in [2.75, 3.05) is 6.54 Å². The Balaban J connectivity index is 3.55. The largest absolute Gasteiger partial charge is 0.548 e. The van der Waals surface area contributed by atoms with Crippen LogP contribution < -0.4 is 16.2 Å². The molecule has 0 spiro atoms. The molecule has 0 saturated carbocycles. The Bertz CT molecular complexity index is 255. The van der Waals surface area contributed by atoms with Crippen LogP contribution in [0.3, 0.4) is 0 Å². The van der Waals surface area contributed by atoms with E-state index in [1.165, 1.54) is 0 Å². The van der Waals surface area contributed by atoms with Crippen LogP contribution in [0.2, 0.25) is 0 Å². The summed E-state index contributed by atoms with van der Waals surface area (Å²) >= 11 is 0. The van der Waals surface area contributed by atoms with E-state index in [1.54, 1.807) is 5.32 Å². The van der Waals surface area contributed by atoms with E-state index in [0.29, 0.717) is 6.42 Å². The van der Waals surface area contributed by atoms with Crippen molar-refractivity contribution in [2.24, 2.45) is 5.73 Å². The van der Waals surface area contributed by atoms with Gasteiger partial charge in [-0.2, -0.15) is 13.2 Å². The Morgan fingerprint density at radius 2 is 1.88 bits per heavy atom. The molecule has 0 rings (SSSR count). The van der Waals surface area contributed by atoms with Gasteiger partial charge in [-0.3, -0.25) is 4.79 Å². The Kier molecular flexibility index (Phi) is 5.79. The number of aliphatic carboxylic acids is 1. The van der Waals surface area contributed by atoms with Crippen molar-refractivity contribution in [1.29, 1.82) is 0 Å². The number of halogens is 3. The smallest absolute Gasteiger partial charge is 0.471 e. The molecule has 94 valence electrons. The van der Waals surface area contributed by atoms with Crippen molar-refractivity contribution in [1.82, 2.24) is 5.32 Å². The second kappa shape index (κ2) is 6.31. The molecule has 8 heteroatoms. The minimum Gasteiger partial charge on any atom is -0.548 e.